The van der Waals surface area contributed by atoms with Crippen LogP contribution in [0.1, 0.15) is 16.9 Å². The zero-order chi connectivity index (χ0) is 23.9. The second-order valence-electron chi connectivity index (χ2n) is 7.43. The molecule has 33 heavy (non-hydrogen) atoms. The van der Waals surface area contributed by atoms with Crippen LogP contribution >= 0.6 is 23.8 Å². The molecule has 1 aliphatic heterocycles. The Labute approximate surface area is 198 Å². The van der Waals surface area contributed by atoms with Gasteiger partial charge in [-0.1, -0.05) is 17.7 Å². The van der Waals surface area contributed by atoms with Crippen LogP contribution in [0.25, 0.3) is 17.4 Å². The van der Waals surface area contributed by atoms with Crippen LogP contribution < -0.4 is 10.2 Å². The lowest BCUT2D eigenvalue weighted by molar-refractivity contribution is -0.384. The van der Waals surface area contributed by atoms with Crippen LogP contribution in [0.2, 0.25) is 5.02 Å². The highest BCUT2D eigenvalue weighted by Gasteiger charge is 2.35. The predicted molar refractivity (Wildman–Crippen MR) is 128 cm³/mol. The number of thiocarbonyl (C=S) groups is 1. The number of benzene rings is 2. The Hall–Kier alpha value is -3.82. The minimum Gasteiger partial charge on any atom is -0.457 e. The van der Waals surface area contributed by atoms with Gasteiger partial charge in [0.25, 0.3) is 17.5 Å². The van der Waals surface area contributed by atoms with E-state index in [1.807, 2.05) is 19.9 Å². The van der Waals surface area contributed by atoms with E-state index in [2.05, 4.69) is 5.32 Å². The number of nitrogens with one attached hydrogen (secondary N) is 1. The molecule has 1 aromatic heterocycles. The number of carbonyl (C=O) groups is 2. The monoisotopic (exact) mass is 481 g/mol. The molecule has 166 valence electrons. The van der Waals surface area contributed by atoms with Crippen molar-refractivity contribution in [3.05, 3.63) is 86.1 Å². The minimum absolute atomic E-state index is 0.0179. The molecule has 0 atom stereocenters. The Morgan fingerprint density at radius 2 is 1.79 bits per heavy atom. The first kappa shape index (κ1) is 22.4. The number of nitro groups is 1. The zero-order valence-corrected chi connectivity index (χ0v) is 19.0. The first-order valence-electron chi connectivity index (χ1n) is 9.68. The average Bonchev–Trinajstić information content (AvgIpc) is 3.19. The smallest absolute Gasteiger partial charge is 0.270 e. The zero-order valence-electron chi connectivity index (χ0n) is 17.4. The molecule has 3 aromatic rings. The Bertz CT molecular complexity index is 1360. The highest BCUT2D eigenvalue weighted by Crippen LogP contribution is 2.33. The maximum absolute atomic E-state index is 13.2. The SMILES string of the molecule is Cc1cc(C)cc(N2C(=O)/C(=C/c3ccc(-c4cc([N+](=O)[O-])ccc4Cl)o3)C(=O)NC2=S)c1. The van der Waals surface area contributed by atoms with E-state index >= 15 is 0 Å². The largest absolute Gasteiger partial charge is 0.457 e. The summed E-state index contributed by atoms with van der Waals surface area (Å²) in [4.78, 5) is 37.5. The third-order valence-corrected chi connectivity index (χ3v) is 5.52. The van der Waals surface area contributed by atoms with Crippen LogP contribution in [0, 0.1) is 24.0 Å². The fourth-order valence-corrected chi connectivity index (χ4v) is 4.00. The molecule has 0 unspecified atom stereocenters. The quantitative estimate of drug-likeness (QED) is 0.186. The molecule has 0 saturated carbocycles. The van der Waals surface area contributed by atoms with Crippen molar-refractivity contribution in [1.29, 1.82) is 0 Å². The van der Waals surface area contributed by atoms with Crippen LogP contribution in [-0.2, 0) is 9.59 Å². The molecule has 0 spiro atoms. The topological polar surface area (TPSA) is 106 Å². The fraction of sp³-hybridized carbons (Fsp3) is 0.0870. The third kappa shape index (κ3) is 4.41. The second kappa shape index (κ2) is 8.61. The minimum atomic E-state index is -0.656. The van der Waals surface area contributed by atoms with Gasteiger partial charge in [-0.15, -0.1) is 0 Å². The molecule has 1 aliphatic rings. The molecule has 0 radical (unpaired) electrons. The fourth-order valence-electron chi connectivity index (χ4n) is 3.50. The molecular weight excluding hydrogens is 466 g/mol. The highest BCUT2D eigenvalue weighted by molar-refractivity contribution is 7.80. The first-order chi connectivity index (χ1) is 15.6. The van der Waals surface area contributed by atoms with Crippen molar-refractivity contribution in [1.82, 2.24) is 5.32 Å². The lowest BCUT2D eigenvalue weighted by atomic mass is 10.1. The summed E-state index contributed by atoms with van der Waals surface area (Å²) in [5.74, 6) is -0.808. The van der Waals surface area contributed by atoms with Gasteiger partial charge in [0.2, 0.25) is 0 Å². The lowest BCUT2D eigenvalue weighted by Gasteiger charge is -2.29. The molecule has 2 aromatic carbocycles. The number of hydrogen-bond acceptors (Lipinski definition) is 6. The van der Waals surface area contributed by atoms with E-state index in [1.165, 1.54) is 35.2 Å². The normalized spacial score (nSPS) is 15.2. The van der Waals surface area contributed by atoms with Gasteiger partial charge in [-0.25, -0.2) is 0 Å². The third-order valence-electron chi connectivity index (χ3n) is 4.91. The summed E-state index contributed by atoms with van der Waals surface area (Å²) in [5, 5.41) is 13.8. The van der Waals surface area contributed by atoms with E-state index in [0.717, 1.165) is 11.1 Å². The lowest BCUT2D eigenvalue weighted by Crippen LogP contribution is -2.54. The van der Waals surface area contributed by atoms with Crippen molar-refractivity contribution in [2.24, 2.45) is 0 Å². The number of hydrogen-bond donors (Lipinski definition) is 1. The Morgan fingerprint density at radius 3 is 2.45 bits per heavy atom. The Morgan fingerprint density at radius 1 is 1.09 bits per heavy atom. The molecule has 1 saturated heterocycles. The molecule has 8 nitrogen and oxygen atoms in total. The van der Waals surface area contributed by atoms with Gasteiger partial charge < -0.3 is 4.42 Å². The summed E-state index contributed by atoms with van der Waals surface area (Å²) in [5.41, 5.74) is 2.41. The number of amides is 2. The van der Waals surface area contributed by atoms with Gasteiger partial charge in [0.05, 0.1) is 15.6 Å². The van der Waals surface area contributed by atoms with Crippen LogP contribution in [-0.4, -0.2) is 21.9 Å². The van der Waals surface area contributed by atoms with Gasteiger partial charge in [0, 0.05) is 17.7 Å². The van der Waals surface area contributed by atoms with Crippen LogP contribution in [0.15, 0.2) is 58.5 Å². The van der Waals surface area contributed by atoms with Gasteiger partial charge in [0.15, 0.2) is 5.11 Å². The second-order valence-corrected chi connectivity index (χ2v) is 8.22. The van der Waals surface area contributed by atoms with E-state index < -0.39 is 16.7 Å². The van der Waals surface area contributed by atoms with E-state index in [0.29, 0.717) is 11.3 Å². The molecule has 0 bridgehead atoms. The van der Waals surface area contributed by atoms with Crippen molar-refractivity contribution < 1.29 is 18.9 Å². The molecule has 2 amide bonds. The number of non-ortho nitro benzene ring substituents is 1. The molecule has 1 N–H and O–H groups in total. The number of anilines is 1. The van der Waals surface area contributed by atoms with Crippen molar-refractivity contribution in [3.8, 4) is 11.3 Å². The van der Waals surface area contributed by atoms with Crippen molar-refractivity contribution in [2.75, 3.05) is 4.90 Å². The van der Waals surface area contributed by atoms with E-state index in [9.17, 15) is 19.7 Å². The summed E-state index contributed by atoms with van der Waals surface area (Å²) >= 11 is 11.4. The van der Waals surface area contributed by atoms with Crippen molar-refractivity contribution in [3.63, 3.8) is 0 Å². The van der Waals surface area contributed by atoms with E-state index in [1.54, 1.807) is 18.2 Å². The summed E-state index contributed by atoms with van der Waals surface area (Å²) in [7, 11) is 0. The Kier molecular flexibility index (Phi) is 5.84. The van der Waals surface area contributed by atoms with Crippen LogP contribution in [0.4, 0.5) is 11.4 Å². The van der Waals surface area contributed by atoms with Crippen LogP contribution in [0.5, 0.6) is 0 Å². The molecular formula is C23H16ClN3O5S. The molecule has 0 aliphatic carbocycles. The number of halogens is 1. The van der Waals surface area contributed by atoms with E-state index in [-0.39, 0.29) is 32.9 Å². The molecule has 1 fully saturated rings. The summed E-state index contributed by atoms with van der Waals surface area (Å²) in [6.45, 7) is 3.79. The number of aryl methyl sites for hydroxylation is 2. The van der Waals surface area contributed by atoms with Crippen molar-refractivity contribution >= 4 is 58.2 Å². The van der Waals surface area contributed by atoms with E-state index in [4.69, 9.17) is 28.2 Å². The maximum Gasteiger partial charge on any atom is 0.270 e. The number of nitro benzene ring substituents is 1. The van der Waals surface area contributed by atoms with Gasteiger partial charge in [-0.3, -0.25) is 29.9 Å². The Balaban J connectivity index is 1.71. The summed E-state index contributed by atoms with van der Waals surface area (Å²) in [6, 6.07) is 12.6. The first-order valence-corrected chi connectivity index (χ1v) is 10.5. The number of nitrogens with zero attached hydrogens (tertiary/aromatic N) is 2. The molecule has 10 heteroatoms. The standard InChI is InChI=1S/C23H16ClN3O5S/c1-12-7-13(2)9-15(8-12)26-22(29)18(21(28)25-23(26)33)11-16-4-6-20(32-16)17-10-14(27(30)31)3-5-19(17)24/h3-11H,1-2H3,(H,25,28,33)/b18-11+. The number of rotatable bonds is 4. The molecule has 2 heterocycles. The highest BCUT2D eigenvalue weighted by atomic mass is 35.5. The average molecular weight is 482 g/mol. The van der Waals surface area contributed by atoms with Gasteiger partial charge in [0.1, 0.15) is 17.1 Å². The summed E-state index contributed by atoms with van der Waals surface area (Å²) < 4.78 is 5.72. The van der Waals surface area contributed by atoms with Crippen LogP contribution in [0.3, 0.4) is 0 Å². The maximum atomic E-state index is 13.2. The summed E-state index contributed by atoms with van der Waals surface area (Å²) in [6.07, 6.45) is 1.30. The van der Waals surface area contributed by atoms with Gasteiger partial charge in [-0.05, 0) is 73.6 Å². The molecule has 4 rings (SSSR count). The van der Waals surface area contributed by atoms with Crippen molar-refractivity contribution in [2.45, 2.75) is 13.8 Å². The number of carbonyl (C=O) groups excluding carboxylic acids is 2. The number of furan rings is 1. The van der Waals surface area contributed by atoms with Gasteiger partial charge >= 0.3 is 0 Å². The van der Waals surface area contributed by atoms with Gasteiger partial charge in [-0.2, -0.15) is 0 Å². The predicted octanol–water partition coefficient (Wildman–Crippen LogP) is 4.96.